The summed E-state index contributed by atoms with van der Waals surface area (Å²) in [6.45, 7) is 5.96. The van der Waals surface area contributed by atoms with Crippen LogP contribution in [0.25, 0.3) is 66.1 Å². The smallest absolute Gasteiger partial charge is 0.423 e. The summed E-state index contributed by atoms with van der Waals surface area (Å²) >= 11 is 0. The van der Waals surface area contributed by atoms with Crippen molar-refractivity contribution in [3.8, 4) is 16.8 Å². The van der Waals surface area contributed by atoms with Gasteiger partial charge in [-0.3, -0.25) is 0 Å². The summed E-state index contributed by atoms with van der Waals surface area (Å²) in [5.41, 5.74) is 9.16. The van der Waals surface area contributed by atoms with Crippen LogP contribution in [0.2, 0.25) is 0 Å². The zero-order valence-corrected chi connectivity index (χ0v) is 23.3. The van der Waals surface area contributed by atoms with Gasteiger partial charge in [-0.2, -0.15) is 0 Å². The molecule has 0 radical (unpaired) electrons. The number of nitrogens with zero attached hydrogens (tertiary/aromatic N) is 2. The molecule has 0 unspecified atom stereocenters. The Kier molecular flexibility index (Phi) is 6.39. The van der Waals surface area contributed by atoms with Gasteiger partial charge in [-0.25, -0.2) is 0 Å². The predicted molar refractivity (Wildman–Crippen MR) is 178 cm³/mol. The Balaban J connectivity index is 1.47. The van der Waals surface area contributed by atoms with Crippen LogP contribution in [0.15, 0.2) is 140 Å². The van der Waals surface area contributed by atoms with Crippen LogP contribution in [-0.4, -0.2) is 26.3 Å². The Morgan fingerprint density at radius 2 is 1.26 bits per heavy atom. The highest BCUT2D eigenvalue weighted by Crippen LogP contribution is 2.38. The summed E-state index contributed by atoms with van der Waals surface area (Å²) in [7, 11) is -1.53. The molecule has 2 aromatic heterocycles. The molecule has 0 saturated heterocycles. The highest BCUT2D eigenvalue weighted by molar-refractivity contribution is 6.59. The van der Waals surface area contributed by atoms with E-state index in [1.165, 1.54) is 10.8 Å². The third-order valence-electron chi connectivity index (χ3n) is 7.99. The van der Waals surface area contributed by atoms with Gasteiger partial charge in [0.15, 0.2) is 0 Å². The minimum atomic E-state index is -1.53. The first-order valence-corrected chi connectivity index (χ1v) is 14.1. The van der Waals surface area contributed by atoms with Gasteiger partial charge in [0.2, 0.25) is 0 Å². The fraction of sp³-hybridized carbons (Fsp3) is 0.0270. The second-order valence-corrected chi connectivity index (χ2v) is 10.5. The maximum Gasteiger partial charge on any atom is 0.488 e. The molecule has 0 aliphatic rings. The summed E-state index contributed by atoms with van der Waals surface area (Å²) in [6, 6.07) is 37.6. The molecule has 0 aliphatic carbocycles. The maximum atomic E-state index is 9.94. The van der Waals surface area contributed by atoms with E-state index < -0.39 is 7.12 Å². The van der Waals surface area contributed by atoms with Crippen molar-refractivity contribution >= 4 is 61.9 Å². The van der Waals surface area contributed by atoms with E-state index in [0.717, 1.165) is 55.4 Å². The molecule has 7 aromatic rings. The van der Waals surface area contributed by atoms with Crippen LogP contribution in [0.3, 0.4) is 0 Å². The van der Waals surface area contributed by atoms with Crippen LogP contribution in [0, 0.1) is 0 Å². The van der Waals surface area contributed by atoms with Crippen LogP contribution in [0.1, 0.15) is 6.92 Å². The minimum absolute atomic E-state index is 0.471. The number of hydrogen-bond donors (Lipinski definition) is 2. The first kappa shape index (κ1) is 25.8. The zero-order chi connectivity index (χ0) is 28.8. The minimum Gasteiger partial charge on any atom is -0.423 e. The molecule has 0 aliphatic heterocycles. The van der Waals surface area contributed by atoms with Crippen molar-refractivity contribution in [1.82, 2.24) is 9.13 Å². The average molecular weight is 544 g/mol. The Morgan fingerprint density at radius 3 is 1.95 bits per heavy atom. The molecule has 5 heteroatoms. The molecule has 2 N–H and O–H groups in total. The van der Waals surface area contributed by atoms with E-state index >= 15 is 0 Å². The molecule has 4 nitrogen and oxygen atoms in total. The zero-order valence-electron chi connectivity index (χ0n) is 23.3. The second-order valence-electron chi connectivity index (χ2n) is 10.5. The Labute approximate surface area is 244 Å². The first-order valence-electron chi connectivity index (χ1n) is 14.1. The lowest BCUT2D eigenvalue weighted by atomic mass is 9.80. The molecule has 0 saturated carbocycles. The maximum absolute atomic E-state index is 9.94. The molecule has 0 amide bonds. The predicted octanol–water partition coefficient (Wildman–Crippen LogP) is 7.84. The molecular weight excluding hydrogens is 515 g/mol. The third-order valence-corrected chi connectivity index (χ3v) is 7.99. The number of allylic oxidation sites excluding steroid dienone is 5. The highest BCUT2D eigenvalue weighted by Gasteiger charge is 2.18. The standard InChI is InChI=1S/C37H29BN2O2/c1-3-10-28(11-4-2)39-34-15-9-8-14-30(34)31-22-25(16-19-35(31)39)26-17-20-36-32(23-26)33-24-27(38(41)42)18-21-37(33)40(36)29-12-6-5-7-13-29/h3-24,41-42H,1H2,2H3/b11-4-,28-10+. The van der Waals surface area contributed by atoms with Crippen LogP contribution < -0.4 is 5.46 Å². The normalized spacial score (nSPS) is 12.3. The summed E-state index contributed by atoms with van der Waals surface area (Å²) in [5, 5.41) is 24.3. The van der Waals surface area contributed by atoms with E-state index in [1.807, 2.05) is 55.5 Å². The fourth-order valence-electron chi connectivity index (χ4n) is 6.16. The lowest BCUT2D eigenvalue weighted by Gasteiger charge is -2.10. The van der Waals surface area contributed by atoms with Crippen LogP contribution >= 0.6 is 0 Å². The van der Waals surface area contributed by atoms with Crippen molar-refractivity contribution in [3.05, 3.63) is 140 Å². The number of hydrogen-bond acceptors (Lipinski definition) is 2. The molecule has 7 rings (SSSR count). The lowest BCUT2D eigenvalue weighted by molar-refractivity contribution is 0.426. The van der Waals surface area contributed by atoms with Gasteiger partial charge in [-0.15, -0.1) is 0 Å². The van der Waals surface area contributed by atoms with E-state index in [4.69, 9.17) is 0 Å². The molecule has 2 heterocycles. The Morgan fingerprint density at radius 1 is 0.667 bits per heavy atom. The third kappa shape index (κ3) is 4.10. The molecule has 202 valence electrons. The molecule has 0 fully saturated rings. The van der Waals surface area contributed by atoms with Crippen molar-refractivity contribution in [2.24, 2.45) is 0 Å². The molecule has 0 spiro atoms. The first-order chi connectivity index (χ1) is 20.6. The Bertz CT molecular complexity index is 2200. The van der Waals surface area contributed by atoms with Crippen molar-refractivity contribution in [1.29, 1.82) is 0 Å². The van der Waals surface area contributed by atoms with Gasteiger partial charge < -0.3 is 19.2 Å². The molecule has 0 bridgehead atoms. The lowest BCUT2D eigenvalue weighted by Crippen LogP contribution is -2.29. The van der Waals surface area contributed by atoms with Gasteiger partial charge in [0.05, 0.1) is 22.1 Å². The van der Waals surface area contributed by atoms with Gasteiger partial charge in [0, 0.05) is 32.9 Å². The Hall–Kier alpha value is -5.10. The largest absolute Gasteiger partial charge is 0.488 e. The number of aromatic nitrogens is 2. The van der Waals surface area contributed by atoms with Gasteiger partial charge in [0.25, 0.3) is 0 Å². The number of rotatable bonds is 6. The van der Waals surface area contributed by atoms with Crippen molar-refractivity contribution < 1.29 is 10.0 Å². The summed E-state index contributed by atoms with van der Waals surface area (Å²) in [6.07, 6.45) is 8.02. The summed E-state index contributed by atoms with van der Waals surface area (Å²) in [5.74, 6) is 0. The quantitative estimate of drug-likeness (QED) is 0.166. The van der Waals surface area contributed by atoms with Gasteiger partial charge >= 0.3 is 7.12 Å². The van der Waals surface area contributed by atoms with E-state index in [1.54, 1.807) is 6.07 Å². The molecule has 5 aromatic carbocycles. The summed E-state index contributed by atoms with van der Waals surface area (Å²) < 4.78 is 4.52. The van der Waals surface area contributed by atoms with Crippen molar-refractivity contribution in [2.45, 2.75) is 6.92 Å². The number of benzene rings is 5. The molecule has 0 atom stereocenters. The molecule has 42 heavy (non-hydrogen) atoms. The second kappa shape index (κ2) is 10.4. The van der Waals surface area contributed by atoms with Crippen molar-refractivity contribution in [2.75, 3.05) is 0 Å². The van der Waals surface area contributed by atoms with E-state index in [2.05, 4.69) is 94.6 Å². The van der Waals surface area contributed by atoms with Crippen LogP contribution in [0.4, 0.5) is 0 Å². The SMILES string of the molecule is C=C/C=C(\C=C/C)n1c2ccccc2c2cc(-c3ccc4c(c3)c3cc(B(O)O)ccc3n4-c3ccccc3)ccc21. The van der Waals surface area contributed by atoms with E-state index in [-0.39, 0.29) is 0 Å². The van der Waals surface area contributed by atoms with Crippen LogP contribution in [0.5, 0.6) is 0 Å². The van der Waals surface area contributed by atoms with Crippen LogP contribution in [-0.2, 0) is 0 Å². The van der Waals surface area contributed by atoms with Crippen molar-refractivity contribution in [3.63, 3.8) is 0 Å². The number of fused-ring (bicyclic) bond motifs is 6. The van der Waals surface area contributed by atoms with Gasteiger partial charge in [0.1, 0.15) is 0 Å². The molecular formula is C37H29BN2O2. The fourth-order valence-corrected chi connectivity index (χ4v) is 6.16. The van der Waals surface area contributed by atoms with E-state index in [0.29, 0.717) is 5.46 Å². The summed E-state index contributed by atoms with van der Waals surface area (Å²) in [4.78, 5) is 0. The number of para-hydroxylation sites is 2. The average Bonchev–Trinajstić information content (AvgIpc) is 3.53. The van der Waals surface area contributed by atoms with Gasteiger partial charge in [-0.05, 0) is 84.2 Å². The highest BCUT2D eigenvalue weighted by atomic mass is 16.4. The topological polar surface area (TPSA) is 50.3 Å². The van der Waals surface area contributed by atoms with Gasteiger partial charge in [-0.1, -0.05) is 79.4 Å². The monoisotopic (exact) mass is 544 g/mol. The van der Waals surface area contributed by atoms with E-state index in [9.17, 15) is 10.0 Å².